The van der Waals surface area contributed by atoms with Crippen LogP contribution in [-0.4, -0.2) is 42.6 Å². The second-order valence-electron chi connectivity index (χ2n) is 3.62. The number of carbonyl (C=O) groups is 2. The fraction of sp³-hybridized carbons (Fsp3) is 0.778. The summed E-state index contributed by atoms with van der Waals surface area (Å²) in [5.74, 6) is -0.606. The molecule has 0 saturated carbocycles. The van der Waals surface area contributed by atoms with Crippen LogP contribution in [0, 0.1) is 5.92 Å². The summed E-state index contributed by atoms with van der Waals surface area (Å²) in [6.07, 6.45) is 0.738. The highest BCUT2D eigenvalue weighted by atomic mass is 16.4. The lowest BCUT2D eigenvalue weighted by atomic mass is 10.1. The third-order valence-corrected chi connectivity index (χ3v) is 1.86. The molecule has 0 saturated heterocycles. The molecular weight excluding hydrogens is 184 g/mol. The number of urea groups is 1. The van der Waals surface area contributed by atoms with Crippen molar-refractivity contribution in [2.24, 2.45) is 5.92 Å². The molecule has 0 bridgehead atoms. The van der Waals surface area contributed by atoms with E-state index in [4.69, 9.17) is 5.11 Å². The molecule has 82 valence electrons. The van der Waals surface area contributed by atoms with E-state index in [1.165, 1.54) is 4.90 Å². The Morgan fingerprint density at radius 1 is 1.43 bits per heavy atom. The molecule has 0 aliphatic heterocycles. The summed E-state index contributed by atoms with van der Waals surface area (Å²) in [7, 11) is 3.33. The molecule has 0 spiro atoms. The molecule has 0 aromatic heterocycles. The minimum Gasteiger partial charge on any atom is -0.481 e. The van der Waals surface area contributed by atoms with Crippen LogP contribution in [0.1, 0.15) is 19.8 Å². The van der Waals surface area contributed by atoms with E-state index in [0.29, 0.717) is 13.0 Å². The van der Waals surface area contributed by atoms with Crippen LogP contribution in [0.5, 0.6) is 0 Å². The summed E-state index contributed by atoms with van der Waals surface area (Å²) < 4.78 is 0. The number of amides is 2. The zero-order valence-corrected chi connectivity index (χ0v) is 8.91. The first-order valence-electron chi connectivity index (χ1n) is 4.60. The van der Waals surface area contributed by atoms with E-state index in [2.05, 4.69) is 5.32 Å². The first-order chi connectivity index (χ1) is 6.43. The van der Waals surface area contributed by atoms with Crippen LogP contribution >= 0.6 is 0 Å². The van der Waals surface area contributed by atoms with Gasteiger partial charge in [-0.15, -0.1) is 0 Å². The first-order valence-corrected chi connectivity index (χ1v) is 4.60. The molecule has 0 aliphatic carbocycles. The normalized spacial score (nSPS) is 11.9. The lowest BCUT2D eigenvalue weighted by molar-refractivity contribution is -0.137. The fourth-order valence-electron chi connectivity index (χ4n) is 0.892. The Bertz CT molecular complexity index is 204. The summed E-state index contributed by atoms with van der Waals surface area (Å²) >= 11 is 0. The Balaban J connectivity index is 3.58. The maximum absolute atomic E-state index is 11.1. The molecule has 1 unspecified atom stereocenters. The molecule has 0 aromatic carbocycles. The van der Waals surface area contributed by atoms with Crippen molar-refractivity contribution >= 4 is 12.0 Å². The first kappa shape index (κ1) is 12.7. The molecule has 0 aromatic rings. The molecule has 0 radical (unpaired) electrons. The number of nitrogens with one attached hydrogen (secondary N) is 1. The van der Waals surface area contributed by atoms with Crippen molar-refractivity contribution in [3.8, 4) is 0 Å². The van der Waals surface area contributed by atoms with Gasteiger partial charge in [0.25, 0.3) is 0 Å². The van der Waals surface area contributed by atoms with E-state index in [9.17, 15) is 9.59 Å². The zero-order chi connectivity index (χ0) is 11.1. The summed E-state index contributed by atoms with van der Waals surface area (Å²) in [4.78, 5) is 22.8. The Morgan fingerprint density at radius 3 is 2.43 bits per heavy atom. The molecule has 5 nitrogen and oxygen atoms in total. The van der Waals surface area contributed by atoms with Crippen LogP contribution in [0.15, 0.2) is 0 Å². The van der Waals surface area contributed by atoms with Crippen LogP contribution in [0.2, 0.25) is 0 Å². The SMILES string of the molecule is CC(CCC(=O)O)CNC(=O)N(C)C. The Hall–Kier alpha value is -1.26. The number of carboxylic acid groups (broad SMARTS) is 1. The molecule has 0 heterocycles. The molecule has 2 N–H and O–H groups in total. The number of nitrogens with zero attached hydrogens (tertiary/aromatic N) is 1. The van der Waals surface area contributed by atoms with E-state index in [-0.39, 0.29) is 18.4 Å². The highest BCUT2D eigenvalue weighted by Crippen LogP contribution is 2.03. The second-order valence-corrected chi connectivity index (χ2v) is 3.62. The molecule has 2 amide bonds. The van der Waals surface area contributed by atoms with Gasteiger partial charge in [0, 0.05) is 27.1 Å². The lowest BCUT2D eigenvalue weighted by Crippen LogP contribution is -2.37. The number of aliphatic carboxylic acids is 1. The van der Waals surface area contributed by atoms with E-state index in [0.717, 1.165) is 0 Å². The van der Waals surface area contributed by atoms with Crippen LogP contribution < -0.4 is 5.32 Å². The van der Waals surface area contributed by atoms with Crippen molar-refractivity contribution < 1.29 is 14.7 Å². The average Bonchev–Trinajstić information content (AvgIpc) is 2.10. The standard InChI is InChI=1S/C9H18N2O3/c1-7(4-5-8(12)13)6-10-9(14)11(2)3/h7H,4-6H2,1-3H3,(H,10,14)(H,12,13). The number of carboxylic acids is 1. The summed E-state index contributed by atoms with van der Waals surface area (Å²) in [6.45, 7) is 2.43. The van der Waals surface area contributed by atoms with E-state index in [1.54, 1.807) is 14.1 Å². The van der Waals surface area contributed by atoms with Gasteiger partial charge in [0.2, 0.25) is 0 Å². The summed E-state index contributed by atoms with van der Waals surface area (Å²) in [6, 6.07) is -0.146. The van der Waals surface area contributed by atoms with E-state index in [1.807, 2.05) is 6.92 Å². The highest BCUT2D eigenvalue weighted by Gasteiger charge is 2.08. The molecule has 14 heavy (non-hydrogen) atoms. The van der Waals surface area contributed by atoms with Crippen molar-refractivity contribution in [2.75, 3.05) is 20.6 Å². The van der Waals surface area contributed by atoms with Gasteiger partial charge in [-0.1, -0.05) is 6.92 Å². The van der Waals surface area contributed by atoms with Crippen molar-refractivity contribution in [2.45, 2.75) is 19.8 Å². The Kier molecular flexibility index (Phi) is 5.67. The van der Waals surface area contributed by atoms with Gasteiger partial charge < -0.3 is 15.3 Å². The predicted octanol–water partition coefficient (Wildman–Crippen LogP) is 0.758. The average molecular weight is 202 g/mol. The zero-order valence-electron chi connectivity index (χ0n) is 8.91. The van der Waals surface area contributed by atoms with Crippen LogP contribution in [-0.2, 0) is 4.79 Å². The Labute approximate surface area is 84.1 Å². The smallest absolute Gasteiger partial charge is 0.316 e. The van der Waals surface area contributed by atoms with Gasteiger partial charge in [0.05, 0.1) is 0 Å². The maximum Gasteiger partial charge on any atom is 0.316 e. The van der Waals surface area contributed by atoms with Crippen LogP contribution in [0.3, 0.4) is 0 Å². The monoisotopic (exact) mass is 202 g/mol. The summed E-state index contributed by atoms with van der Waals surface area (Å²) in [5.41, 5.74) is 0. The molecule has 5 heteroatoms. The topological polar surface area (TPSA) is 69.6 Å². The van der Waals surface area contributed by atoms with Gasteiger partial charge >= 0.3 is 12.0 Å². The third-order valence-electron chi connectivity index (χ3n) is 1.86. The molecule has 1 atom stereocenters. The number of carbonyl (C=O) groups excluding carboxylic acids is 1. The van der Waals surface area contributed by atoms with Crippen LogP contribution in [0.4, 0.5) is 4.79 Å². The fourth-order valence-corrected chi connectivity index (χ4v) is 0.892. The van der Waals surface area contributed by atoms with Gasteiger partial charge in [-0.05, 0) is 12.3 Å². The van der Waals surface area contributed by atoms with Gasteiger partial charge in [-0.25, -0.2) is 4.79 Å². The molecule has 0 rings (SSSR count). The Morgan fingerprint density at radius 2 is 2.00 bits per heavy atom. The molecular formula is C9H18N2O3. The largest absolute Gasteiger partial charge is 0.481 e. The van der Waals surface area contributed by atoms with Gasteiger partial charge in [-0.2, -0.15) is 0 Å². The number of rotatable bonds is 5. The second kappa shape index (κ2) is 6.23. The minimum absolute atomic E-state index is 0.146. The van der Waals surface area contributed by atoms with Crippen molar-refractivity contribution in [1.29, 1.82) is 0 Å². The number of hydrogen-bond acceptors (Lipinski definition) is 2. The summed E-state index contributed by atoms with van der Waals surface area (Å²) in [5, 5.41) is 11.1. The highest BCUT2D eigenvalue weighted by molar-refractivity contribution is 5.73. The quantitative estimate of drug-likeness (QED) is 0.691. The predicted molar refractivity (Wildman–Crippen MR) is 53.1 cm³/mol. The minimum atomic E-state index is -0.796. The van der Waals surface area contributed by atoms with Gasteiger partial charge in [0.15, 0.2) is 0 Å². The van der Waals surface area contributed by atoms with Gasteiger partial charge in [-0.3, -0.25) is 4.79 Å². The van der Waals surface area contributed by atoms with Crippen molar-refractivity contribution in [3.05, 3.63) is 0 Å². The van der Waals surface area contributed by atoms with Gasteiger partial charge in [0.1, 0.15) is 0 Å². The van der Waals surface area contributed by atoms with E-state index >= 15 is 0 Å². The lowest BCUT2D eigenvalue weighted by Gasteiger charge is -2.15. The van der Waals surface area contributed by atoms with E-state index < -0.39 is 5.97 Å². The van der Waals surface area contributed by atoms with Crippen molar-refractivity contribution in [1.82, 2.24) is 10.2 Å². The molecule has 0 fully saturated rings. The van der Waals surface area contributed by atoms with Crippen molar-refractivity contribution in [3.63, 3.8) is 0 Å². The molecule has 0 aliphatic rings. The van der Waals surface area contributed by atoms with Crippen LogP contribution in [0.25, 0.3) is 0 Å². The third kappa shape index (κ3) is 6.28. The maximum atomic E-state index is 11.1. The number of hydrogen-bond donors (Lipinski definition) is 2.